The Labute approximate surface area is 97.3 Å². The van der Waals surface area contributed by atoms with E-state index in [2.05, 4.69) is 4.98 Å². The van der Waals surface area contributed by atoms with Gasteiger partial charge in [-0.15, -0.1) is 0 Å². The van der Waals surface area contributed by atoms with Gasteiger partial charge in [-0.2, -0.15) is 0 Å². The summed E-state index contributed by atoms with van der Waals surface area (Å²) in [5.74, 6) is 0.748. The molecule has 0 aliphatic rings. The summed E-state index contributed by atoms with van der Waals surface area (Å²) >= 11 is 11.2. The average Bonchev–Trinajstić information content (AvgIpc) is 2.65. The number of methoxy groups -OCH3 is 1. The second kappa shape index (κ2) is 4.08. The minimum absolute atomic E-state index is 0.602. The first-order chi connectivity index (χ1) is 7.22. The molecule has 0 bridgehead atoms. The summed E-state index contributed by atoms with van der Waals surface area (Å²) in [5, 5.41) is 0.631. The van der Waals surface area contributed by atoms with Crippen LogP contribution in [0.25, 0.3) is 5.69 Å². The number of H-pyrrole nitrogens is 1. The molecule has 5 heteroatoms. The first-order valence-corrected chi connectivity index (χ1v) is 5.11. The molecular weight excluding hydrogens is 232 g/mol. The summed E-state index contributed by atoms with van der Waals surface area (Å²) in [7, 11) is 1.61. The van der Waals surface area contributed by atoms with Crippen LogP contribution in [0.5, 0.6) is 5.75 Å². The van der Waals surface area contributed by atoms with Crippen LogP contribution in [0.1, 0.15) is 0 Å². The minimum Gasteiger partial charge on any atom is -0.497 e. The second-order valence-electron chi connectivity index (χ2n) is 2.95. The Hall–Kier alpha value is -1.26. The molecule has 1 heterocycles. The molecule has 0 saturated heterocycles. The van der Waals surface area contributed by atoms with Crippen LogP contribution in [0.15, 0.2) is 30.6 Å². The van der Waals surface area contributed by atoms with E-state index in [0.717, 1.165) is 11.4 Å². The predicted octanol–water partition coefficient (Wildman–Crippen LogP) is 3.20. The summed E-state index contributed by atoms with van der Waals surface area (Å²) in [4.78, 5) is 2.91. The summed E-state index contributed by atoms with van der Waals surface area (Å²) in [6, 6.07) is 5.43. The van der Waals surface area contributed by atoms with E-state index >= 15 is 0 Å². The fraction of sp³-hybridized carbons (Fsp3) is 0.100. The number of aromatic nitrogens is 2. The number of rotatable bonds is 2. The van der Waals surface area contributed by atoms with Gasteiger partial charge in [0, 0.05) is 18.5 Å². The van der Waals surface area contributed by atoms with Crippen molar-refractivity contribution in [3.63, 3.8) is 0 Å². The molecule has 0 fully saturated rings. The third-order valence-corrected chi connectivity index (χ3v) is 2.70. The SMILES string of the molecule is COc1ccc(Cl)c(-n2cc[nH]c2=S)c1. The summed E-state index contributed by atoms with van der Waals surface area (Å²) in [6.07, 6.45) is 3.58. The molecule has 2 rings (SSSR count). The van der Waals surface area contributed by atoms with Gasteiger partial charge in [-0.3, -0.25) is 4.57 Å². The highest BCUT2D eigenvalue weighted by atomic mass is 35.5. The van der Waals surface area contributed by atoms with E-state index in [1.54, 1.807) is 23.9 Å². The Balaban J connectivity index is 2.62. The number of nitrogens with one attached hydrogen (secondary N) is 1. The van der Waals surface area contributed by atoms with Gasteiger partial charge in [-0.1, -0.05) is 11.6 Å². The highest BCUT2D eigenvalue weighted by molar-refractivity contribution is 7.71. The zero-order chi connectivity index (χ0) is 10.8. The molecule has 0 unspecified atom stereocenters. The van der Waals surface area contributed by atoms with Gasteiger partial charge in [0.2, 0.25) is 0 Å². The van der Waals surface area contributed by atoms with Crippen molar-refractivity contribution >= 4 is 23.8 Å². The lowest BCUT2D eigenvalue weighted by Crippen LogP contribution is -1.94. The van der Waals surface area contributed by atoms with Gasteiger partial charge in [-0.25, -0.2) is 0 Å². The van der Waals surface area contributed by atoms with Crippen LogP contribution in [0.2, 0.25) is 5.02 Å². The lowest BCUT2D eigenvalue weighted by atomic mass is 10.3. The van der Waals surface area contributed by atoms with E-state index in [0.29, 0.717) is 9.79 Å². The highest BCUT2D eigenvalue weighted by Gasteiger charge is 2.05. The zero-order valence-corrected chi connectivity index (χ0v) is 9.60. The van der Waals surface area contributed by atoms with Crippen LogP contribution < -0.4 is 4.74 Å². The normalized spacial score (nSPS) is 10.3. The average molecular weight is 241 g/mol. The molecule has 0 atom stereocenters. The number of ether oxygens (including phenoxy) is 1. The van der Waals surface area contributed by atoms with Crippen LogP contribution in [0, 0.1) is 4.77 Å². The van der Waals surface area contributed by atoms with Crippen LogP contribution in [0.3, 0.4) is 0 Å². The maximum Gasteiger partial charge on any atom is 0.181 e. The molecular formula is C10H9ClN2OS. The first kappa shape index (κ1) is 10.3. The standard InChI is InChI=1S/C10H9ClN2OS/c1-14-7-2-3-8(11)9(6-7)13-5-4-12-10(13)15/h2-6H,1H3,(H,12,15). The Morgan fingerprint density at radius 2 is 2.27 bits per heavy atom. The molecule has 78 valence electrons. The lowest BCUT2D eigenvalue weighted by molar-refractivity contribution is 0.414. The quantitative estimate of drug-likeness (QED) is 0.817. The van der Waals surface area contributed by atoms with Crippen molar-refractivity contribution in [1.82, 2.24) is 9.55 Å². The molecule has 1 aromatic heterocycles. The van der Waals surface area contributed by atoms with Gasteiger partial charge >= 0.3 is 0 Å². The molecule has 0 radical (unpaired) electrons. The van der Waals surface area contributed by atoms with Gasteiger partial charge in [0.1, 0.15) is 5.75 Å². The number of nitrogens with zero attached hydrogens (tertiary/aromatic N) is 1. The third-order valence-electron chi connectivity index (χ3n) is 2.06. The molecule has 2 aromatic rings. The Kier molecular flexibility index (Phi) is 2.79. The lowest BCUT2D eigenvalue weighted by Gasteiger charge is -2.07. The van der Waals surface area contributed by atoms with Crippen molar-refractivity contribution in [3.8, 4) is 11.4 Å². The zero-order valence-electron chi connectivity index (χ0n) is 8.03. The second-order valence-corrected chi connectivity index (χ2v) is 3.75. The van der Waals surface area contributed by atoms with Crippen molar-refractivity contribution in [1.29, 1.82) is 0 Å². The summed E-state index contributed by atoms with van der Waals surface area (Å²) in [6.45, 7) is 0. The number of imidazole rings is 1. The molecule has 0 amide bonds. The van der Waals surface area contributed by atoms with Crippen LogP contribution in [-0.4, -0.2) is 16.7 Å². The van der Waals surface area contributed by atoms with Crippen molar-refractivity contribution in [2.24, 2.45) is 0 Å². The van der Waals surface area contributed by atoms with Crippen LogP contribution >= 0.6 is 23.8 Å². The maximum atomic E-state index is 6.08. The number of halogens is 1. The van der Waals surface area contributed by atoms with Gasteiger partial charge in [-0.05, 0) is 24.4 Å². The van der Waals surface area contributed by atoms with E-state index < -0.39 is 0 Å². The largest absolute Gasteiger partial charge is 0.497 e. The molecule has 0 aliphatic heterocycles. The monoisotopic (exact) mass is 240 g/mol. The number of benzene rings is 1. The van der Waals surface area contributed by atoms with Crippen LogP contribution in [0.4, 0.5) is 0 Å². The van der Waals surface area contributed by atoms with Gasteiger partial charge in [0.25, 0.3) is 0 Å². The first-order valence-electron chi connectivity index (χ1n) is 4.32. The number of hydrogen-bond acceptors (Lipinski definition) is 2. The van der Waals surface area contributed by atoms with Gasteiger partial charge in [0.15, 0.2) is 4.77 Å². The predicted molar refractivity (Wildman–Crippen MR) is 62.5 cm³/mol. The van der Waals surface area contributed by atoms with Crippen molar-refractivity contribution < 1.29 is 4.74 Å². The van der Waals surface area contributed by atoms with E-state index in [-0.39, 0.29) is 0 Å². The van der Waals surface area contributed by atoms with E-state index in [1.807, 2.05) is 18.3 Å². The number of hydrogen-bond donors (Lipinski definition) is 1. The highest BCUT2D eigenvalue weighted by Crippen LogP contribution is 2.25. The van der Waals surface area contributed by atoms with Gasteiger partial charge < -0.3 is 9.72 Å². The molecule has 0 saturated carbocycles. The molecule has 15 heavy (non-hydrogen) atoms. The molecule has 3 nitrogen and oxygen atoms in total. The van der Waals surface area contributed by atoms with Gasteiger partial charge in [0.05, 0.1) is 17.8 Å². The maximum absolute atomic E-state index is 6.08. The number of aromatic amines is 1. The van der Waals surface area contributed by atoms with Crippen molar-refractivity contribution in [3.05, 3.63) is 40.4 Å². The Bertz CT molecular complexity index is 532. The topological polar surface area (TPSA) is 29.9 Å². The van der Waals surface area contributed by atoms with Crippen molar-refractivity contribution in [2.75, 3.05) is 7.11 Å². The van der Waals surface area contributed by atoms with E-state index in [1.165, 1.54) is 0 Å². The Morgan fingerprint density at radius 1 is 1.47 bits per heavy atom. The smallest absolute Gasteiger partial charge is 0.181 e. The fourth-order valence-corrected chi connectivity index (χ4v) is 1.75. The van der Waals surface area contributed by atoms with Crippen LogP contribution in [-0.2, 0) is 0 Å². The fourth-order valence-electron chi connectivity index (χ4n) is 1.31. The van der Waals surface area contributed by atoms with Crippen molar-refractivity contribution in [2.45, 2.75) is 0 Å². The molecule has 0 aliphatic carbocycles. The summed E-state index contributed by atoms with van der Waals surface area (Å²) in [5.41, 5.74) is 0.808. The molecule has 0 spiro atoms. The molecule has 1 N–H and O–H groups in total. The Morgan fingerprint density at radius 3 is 2.87 bits per heavy atom. The third kappa shape index (κ3) is 1.91. The van der Waals surface area contributed by atoms with E-state index in [4.69, 9.17) is 28.6 Å². The van der Waals surface area contributed by atoms with E-state index in [9.17, 15) is 0 Å². The molecule has 1 aromatic carbocycles. The summed E-state index contributed by atoms with van der Waals surface area (Å²) < 4.78 is 7.53. The minimum atomic E-state index is 0.602.